The zero-order chi connectivity index (χ0) is 36.3. The Morgan fingerprint density at radius 1 is 0.431 bits per heavy atom. The number of pyridine rings is 2. The monoisotopic (exact) mass is 744 g/mol. The molecule has 2 heterocycles. The molecule has 0 spiro atoms. The van der Waals surface area contributed by atoms with Crippen LogP contribution in [0.25, 0.3) is 0 Å². The summed E-state index contributed by atoms with van der Waals surface area (Å²) in [4.78, 5) is 9.38. The topological polar surface area (TPSA) is 35.0 Å². The number of hydrogen-bond donors (Lipinski definition) is 0. The smallest absolute Gasteiger partial charge is 0.159 e. The largest absolute Gasteiger partial charge is 0.371 e. The Morgan fingerprint density at radius 3 is 0.922 bits per heavy atom. The number of aromatic nitrogens is 2. The van der Waals surface area contributed by atoms with Crippen molar-refractivity contribution in [3.05, 3.63) is 179 Å². The SMILES string of the molecule is CC(C)(C)[Si](c1ccccc1)(c1ccccc1)C(OC(c1ccc(Cl)nc1)[Si](c1ccccc1)(c1ccccc1)C(C)(C)C)c1ccc(Cl)nc1. The van der Waals surface area contributed by atoms with Crippen LogP contribution in [-0.4, -0.2) is 26.1 Å². The molecule has 0 bridgehead atoms. The van der Waals surface area contributed by atoms with Gasteiger partial charge in [0.2, 0.25) is 0 Å². The molecule has 2 aromatic heterocycles. The molecule has 0 saturated heterocycles. The van der Waals surface area contributed by atoms with Crippen LogP contribution in [0.3, 0.4) is 0 Å². The van der Waals surface area contributed by atoms with Gasteiger partial charge >= 0.3 is 0 Å². The van der Waals surface area contributed by atoms with Crippen LogP contribution in [0.4, 0.5) is 0 Å². The molecule has 0 N–H and O–H groups in total. The van der Waals surface area contributed by atoms with E-state index in [1.54, 1.807) is 0 Å². The van der Waals surface area contributed by atoms with Crippen LogP contribution in [-0.2, 0) is 4.74 Å². The maximum absolute atomic E-state index is 8.26. The van der Waals surface area contributed by atoms with Crippen molar-refractivity contribution in [2.75, 3.05) is 0 Å². The van der Waals surface area contributed by atoms with Gasteiger partial charge in [0.25, 0.3) is 0 Å². The molecular formula is C44H46Cl2N2OSi2. The highest BCUT2D eigenvalue weighted by molar-refractivity contribution is 7.06. The Labute approximate surface area is 315 Å². The molecule has 7 heteroatoms. The standard InChI is InChI=1S/C44H46Cl2N2OSi2/c1-43(2,3)50(35-19-11-7-12-20-35,36-21-13-8-14-22-36)41(33-27-29-39(45)47-31-33)49-42(34-28-30-40(46)48-32-34)51(44(4,5)6,37-23-15-9-16-24-37)38-25-17-10-18-26-38/h7-32,41-42H,1-6H3. The first-order valence-corrected chi connectivity index (χ1v) is 22.4. The second kappa shape index (κ2) is 15.0. The Balaban J connectivity index is 1.78. The molecule has 0 radical (unpaired) electrons. The zero-order valence-electron chi connectivity index (χ0n) is 30.2. The van der Waals surface area contributed by atoms with Crippen molar-refractivity contribution in [3.8, 4) is 0 Å². The van der Waals surface area contributed by atoms with Crippen molar-refractivity contribution in [2.24, 2.45) is 0 Å². The van der Waals surface area contributed by atoms with Gasteiger partial charge in [-0.15, -0.1) is 0 Å². The van der Waals surface area contributed by atoms with E-state index in [-0.39, 0.29) is 10.1 Å². The number of ether oxygens (including phenoxy) is 1. The molecule has 2 atom stereocenters. The van der Waals surface area contributed by atoms with Gasteiger partial charge in [-0.1, -0.05) is 219 Å². The van der Waals surface area contributed by atoms with E-state index in [9.17, 15) is 0 Å². The summed E-state index contributed by atoms with van der Waals surface area (Å²) < 4.78 is 8.26. The molecule has 0 aliphatic rings. The predicted molar refractivity (Wildman–Crippen MR) is 220 cm³/mol. The van der Waals surface area contributed by atoms with Gasteiger partial charge < -0.3 is 4.74 Å². The molecule has 260 valence electrons. The Hall–Kier alpha value is -3.85. The lowest BCUT2D eigenvalue weighted by atomic mass is 10.2. The number of nitrogens with zero attached hydrogens (tertiary/aromatic N) is 2. The molecule has 0 fully saturated rings. The third kappa shape index (κ3) is 6.90. The first-order valence-electron chi connectivity index (χ1n) is 17.5. The number of rotatable bonds is 10. The number of halogens is 2. The van der Waals surface area contributed by atoms with E-state index in [0.717, 1.165) is 11.1 Å². The molecule has 0 saturated carbocycles. The second-order valence-electron chi connectivity index (χ2n) is 15.3. The van der Waals surface area contributed by atoms with Crippen molar-refractivity contribution < 1.29 is 4.74 Å². The minimum absolute atomic E-state index is 0.228. The van der Waals surface area contributed by atoms with Crippen LogP contribution in [0.15, 0.2) is 158 Å². The average molecular weight is 746 g/mol. The van der Waals surface area contributed by atoms with Crippen molar-refractivity contribution in [1.29, 1.82) is 0 Å². The van der Waals surface area contributed by atoms with Gasteiger partial charge in [0.05, 0.1) is 11.5 Å². The highest BCUT2D eigenvalue weighted by Crippen LogP contribution is 2.51. The number of hydrogen-bond acceptors (Lipinski definition) is 3. The lowest BCUT2D eigenvalue weighted by Crippen LogP contribution is -2.72. The van der Waals surface area contributed by atoms with E-state index in [2.05, 4.69) is 175 Å². The zero-order valence-corrected chi connectivity index (χ0v) is 33.7. The molecule has 4 aromatic carbocycles. The van der Waals surface area contributed by atoms with Crippen molar-refractivity contribution in [3.63, 3.8) is 0 Å². The van der Waals surface area contributed by atoms with E-state index >= 15 is 0 Å². The van der Waals surface area contributed by atoms with Gasteiger partial charge in [0, 0.05) is 12.4 Å². The maximum Gasteiger partial charge on any atom is 0.159 e. The Kier molecular flexibility index (Phi) is 10.9. The summed E-state index contributed by atoms with van der Waals surface area (Å²) in [6.07, 6.45) is 3.85. The van der Waals surface area contributed by atoms with Gasteiger partial charge in [0.15, 0.2) is 16.1 Å². The summed E-state index contributed by atoms with van der Waals surface area (Å²) >= 11 is 13.0. The third-order valence-corrected chi connectivity index (χ3v) is 23.1. The van der Waals surface area contributed by atoms with E-state index < -0.39 is 27.6 Å². The van der Waals surface area contributed by atoms with Gasteiger partial charge in [-0.3, -0.25) is 0 Å². The normalized spacial score (nSPS) is 13.8. The van der Waals surface area contributed by atoms with Crippen LogP contribution in [0.2, 0.25) is 20.4 Å². The van der Waals surface area contributed by atoms with E-state index in [1.165, 1.54) is 20.7 Å². The summed E-state index contributed by atoms with van der Waals surface area (Å²) in [7, 11) is -6.03. The lowest BCUT2D eigenvalue weighted by molar-refractivity contribution is 0.0644. The Morgan fingerprint density at radius 2 is 0.706 bits per heavy atom. The second-order valence-corrected chi connectivity index (χ2v) is 25.7. The van der Waals surface area contributed by atoms with Crippen molar-refractivity contribution in [2.45, 2.75) is 63.1 Å². The van der Waals surface area contributed by atoms with Gasteiger partial charge in [-0.05, 0) is 33.3 Å². The summed E-state index contributed by atoms with van der Waals surface area (Å²) in [6, 6.07) is 52.1. The maximum atomic E-state index is 8.26. The van der Waals surface area contributed by atoms with Crippen LogP contribution < -0.4 is 20.7 Å². The van der Waals surface area contributed by atoms with Crippen LogP contribution in [0.5, 0.6) is 0 Å². The highest BCUT2D eigenvalue weighted by atomic mass is 35.5. The molecular weight excluding hydrogens is 700 g/mol. The fourth-order valence-corrected chi connectivity index (χ4v) is 20.5. The van der Waals surface area contributed by atoms with Crippen molar-refractivity contribution in [1.82, 2.24) is 9.97 Å². The van der Waals surface area contributed by atoms with Crippen LogP contribution in [0.1, 0.15) is 64.1 Å². The van der Waals surface area contributed by atoms with Gasteiger partial charge in [-0.25, -0.2) is 9.97 Å². The van der Waals surface area contributed by atoms with Crippen LogP contribution >= 0.6 is 23.2 Å². The molecule has 0 aliphatic heterocycles. The summed E-state index contributed by atoms with van der Waals surface area (Å²) in [5.41, 5.74) is 1.21. The Bertz CT molecular complexity index is 1770. The van der Waals surface area contributed by atoms with Crippen molar-refractivity contribution >= 4 is 60.1 Å². The van der Waals surface area contributed by atoms with Gasteiger partial charge in [0.1, 0.15) is 10.3 Å². The molecule has 0 aliphatic carbocycles. The quantitative estimate of drug-likeness (QED) is 0.104. The van der Waals surface area contributed by atoms with E-state index in [1.807, 2.05) is 24.5 Å². The third-order valence-electron chi connectivity index (χ3n) is 10.4. The van der Waals surface area contributed by atoms with Crippen LogP contribution in [0, 0.1) is 0 Å². The first-order chi connectivity index (χ1) is 24.4. The van der Waals surface area contributed by atoms with E-state index in [0.29, 0.717) is 10.3 Å². The summed E-state index contributed by atoms with van der Waals surface area (Å²) in [5.74, 6) is 0. The summed E-state index contributed by atoms with van der Waals surface area (Å²) in [5, 5.41) is 5.61. The fourth-order valence-electron chi connectivity index (χ4n) is 8.34. The molecule has 6 aromatic rings. The molecule has 2 unspecified atom stereocenters. The molecule has 0 amide bonds. The molecule has 6 rings (SSSR count). The molecule has 51 heavy (non-hydrogen) atoms. The predicted octanol–water partition coefficient (Wildman–Crippen LogP) is 9.79. The summed E-state index contributed by atoms with van der Waals surface area (Å²) in [6.45, 7) is 14.3. The van der Waals surface area contributed by atoms with Gasteiger partial charge in [-0.2, -0.15) is 0 Å². The first kappa shape index (κ1) is 36.9. The highest BCUT2D eigenvalue weighted by Gasteiger charge is 2.60. The minimum atomic E-state index is -3.01. The number of benzene rings is 4. The fraction of sp³-hybridized carbons (Fsp3) is 0.227. The minimum Gasteiger partial charge on any atom is -0.371 e. The van der Waals surface area contributed by atoms with E-state index in [4.69, 9.17) is 37.9 Å². The molecule has 3 nitrogen and oxygen atoms in total. The average Bonchev–Trinajstić information content (AvgIpc) is 3.12. The lowest BCUT2D eigenvalue weighted by Gasteiger charge is -2.54.